The first kappa shape index (κ1) is 18.9. The van der Waals surface area contributed by atoms with Crippen LogP contribution in [0, 0.1) is 0 Å². The van der Waals surface area contributed by atoms with Crippen LogP contribution < -0.4 is 19.6 Å². The van der Waals surface area contributed by atoms with E-state index in [2.05, 4.69) is 10.5 Å². The lowest BCUT2D eigenvalue weighted by Crippen LogP contribution is -2.08. The summed E-state index contributed by atoms with van der Waals surface area (Å²) in [5, 5.41) is 4.72. The van der Waals surface area contributed by atoms with E-state index in [1.807, 2.05) is 44.2 Å². The molecule has 5 nitrogen and oxygen atoms in total. The van der Waals surface area contributed by atoms with Gasteiger partial charge in [-0.2, -0.15) is 5.10 Å². The predicted octanol–water partition coefficient (Wildman–Crippen LogP) is 4.27. The number of hydrogen-bond acceptors (Lipinski definition) is 5. The second kappa shape index (κ2) is 9.18. The molecule has 2 aromatic rings. The van der Waals surface area contributed by atoms with Crippen LogP contribution in [0.3, 0.4) is 0 Å². The molecule has 0 aromatic heterocycles. The molecule has 0 bridgehead atoms. The Labute approximate surface area is 153 Å². The maximum atomic E-state index is 6.30. The highest BCUT2D eigenvalue weighted by Crippen LogP contribution is 2.36. The number of hydrazone groups is 1. The standard InChI is InChI=1S/C19H23ClN2O3/c1-13(2)25-19-16(20)9-14(10-18(19)24-4)11-21-22-12-15-7-5-6-8-17(15)23-3/h5-11,13,22H,12H2,1-4H3/b21-11+. The molecule has 134 valence electrons. The average Bonchev–Trinajstić information content (AvgIpc) is 2.60. The maximum absolute atomic E-state index is 6.30. The van der Waals surface area contributed by atoms with Gasteiger partial charge in [-0.1, -0.05) is 29.8 Å². The van der Waals surface area contributed by atoms with Crippen molar-refractivity contribution in [3.8, 4) is 17.2 Å². The van der Waals surface area contributed by atoms with Crippen LogP contribution in [0.1, 0.15) is 25.0 Å². The van der Waals surface area contributed by atoms with Crippen LogP contribution in [0.5, 0.6) is 17.2 Å². The van der Waals surface area contributed by atoms with Gasteiger partial charge < -0.3 is 19.6 Å². The summed E-state index contributed by atoms with van der Waals surface area (Å²) in [5.41, 5.74) is 4.84. The van der Waals surface area contributed by atoms with E-state index in [9.17, 15) is 0 Å². The molecule has 0 amide bonds. The van der Waals surface area contributed by atoms with Gasteiger partial charge >= 0.3 is 0 Å². The Hall–Kier alpha value is -2.40. The number of ether oxygens (including phenoxy) is 3. The van der Waals surface area contributed by atoms with Crippen molar-refractivity contribution in [3.05, 3.63) is 52.5 Å². The van der Waals surface area contributed by atoms with Crippen LogP contribution in [0.25, 0.3) is 0 Å². The molecule has 0 saturated carbocycles. The first-order valence-corrected chi connectivity index (χ1v) is 8.35. The Morgan fingerprint density at radius 2 is 1.84 bits per heavy atom. The number of methoxy groups -OCH3 is 2. The summed E-state index contributed by atoms with van der Waals surface area (Å²) in [7, 11) is 3.23. The predicted molar refractivity (Wildman–Crippen MR) is 101 cm³/mol. The zero-order chi connectivity index (χ0) is 18.2. The number of rotatable bonds is 8. The summed E-state index contributed by atoms with van der Waals surface area (Å²) >= 11 is 6.30. The van der Waals surface area contributed by atoms with Gasteiger partial charge in [0.1, 0.15) is 5.75 Å². The van der Waals surface area contributed by atoms with E-state index in [0.717, 1.165) is 16.9 Å². The highest BCUT2D eigenvalue weighted by molar-refractivity contribution is 6.32. The molecule has 0 saturated heterocycles. The van der Waals surface area contributed by atoms with Crippen LogP contribution >= 0.6 is 11.6 Å². The molecule has 0 radical (unpaired) electrons. The Balaban J connectivity index is 2.07. The topological polar surface area (TPSA) is 52.1 Å². The largest absolute Gasteiger partial charge is 0.496 e. The van der Waals surface area contributed by atoms with Gasteiger partial charge in [-0.3, -0.25) is 0 Å². The minimum atomic E-state index is 0.00781. The summed E-state index contributed by atoms with van der Waals surface area (Å²) in [4.78, 5) is 0. The normalized spacial score (nSPS) is 11.0. The highest BCUT2D eigenvalue weighted by Gasteiger charge is 2.12. The van der Waals surface area contributed by atoms with Crippen molar-refractivity contribution in [2.75, 3.05) is 14.2 Å². The van der Waals surface area contributed by atoms with Crippen molar-refractivity contribution in [3.63, 3.8) is 0 Å². The van der Waals surface area contributed by atoms with Crippen molar-refractivity contribution < 1.29 is 14.2 Å². The fraction of sp³-hybridized carbons (Fsp3) is 0.316. The Bertz CT molecular complexity index is 733. The van der Waals surface area contributed by atoms with Crippen molar-refractivity contribution >= 4 is 17.8 Å². The van der Waals surface area contributed by atoms with Crippen LogP contribution in [-0.2, 0) is 6.54 Å². The summed E-state index contributed by atoms with van der Waals surface area (Å²) in [6, 6.07) is 11.4. The monoisotopic (exact) mass is 362 g/mol. The summed E-state index contributed by atoms with van der Waals surface area (Å²) in [5.74, 6) is 1.94. The molecule has 0 unspecified atom stereocenters. The van der Waals surface area contributed by atoms with E-state index in [1.165, 1.54) is 0 Å². The molecule has 0 aliphatic rings. The highest BCUT2D eigenvalue weighted by atomic mass is 35.5. The zero-order valence-corrected chi connectivity index (χ0v) is 15.6. The molecule has 25 heavy (non-hydrogen) atoms. The van der Waals surface area contributed by atoms with Crippen molar-refractivity contribution in [2.45, 2.75) is 26.5 Å². The molecule has 0 spiro atoms. The molecule has 2 rings (SSSR count). The van der Waals surface area contributed by atoms with Crippen LogP contribution in [0.15, 0.2) is 41.5 Å². The molecule has 6 heteroatoms. The van der Waals surface area contributed by atoms with Crippen molar-refractivity contribution in [1.82, 2.24) is 5.43 Å². The lowest BCUT2D eigenvalue weighted by Gasteiger charge is -2.15. The number of nitrogens with one attached hydrogen (secondary N) is 1. The molecular formula is C19H23ClN2O3. The van der Waals surface area contributed by atoms with E-state index in [-0.39, 0.29) is 6.10 Å². The van der Waals surface area contributed by atoms with Crippen molar-refractivity contribution in [1.29, 1.82) is 0 Å². The second-order valence-electron chi connectivity index (χ2n) is 5.61. The summed E-state index contributed by atoms with van der Waals surface area (Å²) in [6.07, 6.45) is 1.69. The molecule has 0 aliphatic carbocycles. The van der Waals surface area contributed by atoms with Crippen LogP contribution in [-0.4, -0.2) is 26.5 Å². The fourth-order valence-corrected chi connectivity index (χ4v) is 2.53. The number of para-hydroxylation sites is 1. The van der Waals surface area contributed by atoms with Gasteiger partial charge in [0.05, 0.1) is 38.1 Å². The number of benzene rings is 2. The zero-order valence-electron chi connectivity index (χ0n) is 14.9. The third kappa shape index (κ3) is 5.29. The molecule has 0 aliphatic heterocycles. The minimum absolute atomic E-state index is 0.00781. The van der Waals surface area contributed by atoms with E-state index in [4.69, 9.17) is 25.8 Å². The first-order valence-electron chi connectivity index (χ1n) is 7.97. The van der Waals surface area contributed by atoms with Gasteiger partial charge in [-0.15, -0.1) is 0 Å². The van der Waals surface area contributed by atoms with Gasteiger partial charge in [-0.25, -0.2) is 0 Å². The van der Waals surface area contributed by atoms with E-state index >= 15 is 0 Å². The Morgan fingerprint density at radius 1 is 1.12 bits per heavy atom. The van der Waals surface area contributed by atoms with Gasteiger partial charge in [-0.05, 0) is 37.6 Å². The fourth-order valence-electron chi connectivity index (χ4n) is 2.26. The van der Waals surface area contributed by atoms with Gasteiger partial charge in [0.25, 0.3) is 0 Å². The summed E-state index contributed by atoms with van der Waals surface area (Å²) in [6.45, 7) is 4.43. The van der Waals surface area contributed by atoms with E-state index in [1.54, 1.807) is 26.5 Å². The molecule has 0 fully saturated rings. The van der Waals surface area contributed by atoms with Gasteiger partial charge in [0, 0.05) is 5.56 Å². The lowest BCUT2D eigenvalue weighted by atomic mass is 10.2. The average molecular weight is 363 g/mol. The number of halogens is 1. The number of hydrogen-bond donors (Lipinski definition) is 1. The molecular weight excluding hydrogens is 340 g/mol. The maximum Gasteiger partial charge on any atom is 0.180 e. The minimum Gasteiger partial charge on any atom is -0.496 e. The third-order valence-corrected chi connectivity index (χ3v) is 3.65. The third-order valence-electron chi connectivity index (χ3n) is 3.37. The van der Waals surface area contributed by atoms with Crippen molar-refractivity contribution in [2.24, 2.45) is 5.10 Å². The quantitative estimate of drug-likeness (QED) is 0.563. The second-order valence-corrected chi connectivity index (χ2v) is 6.01. The summed E-state index contributed by atoms with van der Waals surface area (Å²) < 4.78 is 16.4. The lowest BCUT2D eigenvalue weighted by molar-refractivity contribution is 0.230. The van der Waals surface area contributed by atoms with E-state index < -0.39 is 0 Å². The van der Waals surface area contributed by atoms with Gasteiger partial charge in [0.2, 0.25) is 0 Å². The Kier molecular flexibility index (Phi) is 6.95. The van der Waals surface area contributed by atoms with Crippen LogP contribution in [0.2, 0.25) is 5.02 Å². The Morgan fingerprint density at radius 3 is 2.52 bits per heavy atom. The molecule has 2 aromatic carbocycles. The van der Waals surface area contributed by atoms with E-state index in [0.29, 0.717) is 23.1 Å². The van der Waals surface area contributed by atoms with Crippen LogP contribution in [0.4, 0.5) is 0 Å². The smallest absolute Gasteiger partial charge is 0.180 e. The SMILES string of the molecule is COc1ccccc1CN/N=C/c1cc(Cl)c(OC(C)C)c(OC)c1. The molecule has 0 heterocycles. The van der Waals surface area contributed by atoms with Gasteiger partial charge in [0.15, 0.2) is 11.5 Å². The first-order chi connectivity index (χ1) is 12.0. The number of nitrogens with zero attached hydrogens (tertiary/aromatic N) is 1. The molecule has 0 atom stereocenters. The molecule has 1 N–H and O–H groups in total.